The van der Waals surface area contributed by atoms with Crippen LogP contribution in [-0.2, 0) is 66.6 Å². The quantitative estimate of drug-likeness (QED) is 0.500. The van der Waals surface area contributed by atoms with Crippen molar-refractivity contribution in [3.05, 3.63) is 0 Å². The zero-order valence-electron chi connectivity index (χ0n) is 1.73. The maximum atomic E-state index is 0. The molecular formula is MnNbOTi+9. The van der Waals surface area contributed by atoms with Crippen LogP contribution in [0.2, 0.25) is 0 Å². The molecule has 0 aromatic rings. The summed E-state index contributed by atoms with van der Waals surface area (Å²) < 4.78 is 0. The molecular weight excluding hydrogens is 212 g/mol. The summed E-state index contributed by atoms with van der Waals surface area (Å²) in [5, 5.41) is 0. The molecule has 0 bridgehead atoms. The first kappa shape index (κ1) is 38.6. The third-order valence-electron chi connectivity index (χ3n) is 0. The molecule has 0 rings (SSSR count). The van der Waals surface area contributed by atoms with E-state index < -0.39 is 0 Å². The van der Waals surface area contributed by atoms with Crippen LogP contribution in [0.4, 0.5) is 0 Å². The van der Waals surface area contributed by atoms with Gasteiger partial charge in [-0.15, -0.1) is 0 Å². The Morgan fingerprint density at radius 3 is 1.00 bits per heavy atom. The maximum absolute atomic E-state index is 0. The molecule has 13 valence electrons. The van der Waals surface area contributed by atoms with Gasteiger partial charge in [-0.25, -0.2) is 0 Å². The first-order valence-electron chi connectivity index (χ1n) is 0. The molecule has 0 unspecified atom stereocenters. The molecule has 0 amide bonds. The van der Waals surface area contributed by atoms with E-state index in [1.54, 1.807) is 0 Å². The molecule has 1 nitrogen and oxygen atoms in total. The zero-order valence-corrected chi connectivity index (χ0v) is 6.67. The topological polar surface area (TPSA) is 28.5 Å². The van der Waals surface area contributed by atoms with Gasteiger partial charge in [0.1, 0.15) is 0 Å². The molecule has 0 saturated carbocycles. The van der Waals surface area contributed by atoms with Crippen molar-refractivity contribution < 1.29 is 66.6 Å². The van der Waals surface area contributed by atoms with Crippen LogP contribution in [-0.4, -0.2) is 0 Å². The second-order valence-electron chi connectivity index (χ2n) is 0. The molecule has 0 atom stereocenters. The minimum absolute atomic E-state index is 0. The molecule has 0 N–H and O–H groups in total. The van der Waals surface area contributed by atoms with E-state index in [9.17, 15) is 0 Å². The average Bonchev–Trinajstić information content (AvgIpc) is 0. The van der Waals surface area contributed by atoms with E-state index in [2.05, 4.69) is 0 Å². The SMILES string of the molecule is [Mn+2].[Nb+5].[O-2].[Ti+4]. The van der Waals surface area contributed by atoms with Gasteiger partial charge in [0.15, 0.2) is 0 Å². The maximum Gasteiger partial charge on any atom is 5.00 e. The molecule has 0 aromatic heterocycles. The molecule has 0 aromatic carbocycles. The summed E-state index contributed by atoms with van der Waals surface area (Å²) in [4.78, 5) is 0. The van der Waals surface area contributed by atoms with Crippen molar-refractivity contribution in [1.82, 2.24) is 0 Å². The van der Waals surface area contributed by atoms with Gasteiger partial charge < -0.3 is 5.48 Å². The Morgan fingerprint density at radius 2 is 1.00 bits per heavy atom. The minimum Gasteiger partial charge on any atom is -2.00 e. The first-order valence-corrected chi connectivity index (χ1v) is 0. The van der Waals surface area contributed by atoms with Gasteiger partial charge in [0.25, 0.3) is 0 Å². The van der Waals surface area contributed by atoms with Crippen LogP contribution in [0.3, 0.4) is 0 Å². The average molecular weight is 212 g/mol. The number of hydrogen-bond acceptors (Lipinski definition) is 0. The number of hydrogen-bond donors (Lipinski definition) is 0. The van der Waals surface area contributed by atoms with Gasteiger partial charge in [-0.05, 0) is 0 Å². The standard InChI is InChI=1S/Mn.Nb.O.Ti/q+2;+5;-2;+4. The second-order valence-corrected chi connectivity index (χ2v) is 0. The van der Waals surface area contributed by atoms with E-state index >= 15 is 0 Å². The molecule has 4 heteroatoms. The van der Waals surface area contributed by atoms with Gasteiger partial charge in [0, 0.05) is 0 Å². The zero-order chi connectivity index (χ0) is 0. The third kappa shape index (κ3) is 9.05. The predicted molar refractivity (Wildman–Crippen MR) is 0.686 cm³/mol. The Hall–Kier alpha value is 1.93. The number of rotatable bonds is 0. The molecule has 1 radical (unpaired) electrons. The second kappa shape index (κ2) is 20.4. The fourth-order valence-electron chi connectivity index (χ4n) is 0. The summed E-state index contributed by atoms with van der Waals surface area (Å²) in [6.45, 7) is 0. The molecule has 0 fully saturated rings. The van der Waals surface area contributed by atoms with Crippen LogP contribution in [0.25, 0.3) is 0 Å². The van der Waals surface area contributed by atoms with Crippen LogP contribution in [0.15, 0.2) is 0 Å². The fourth-order valence-corrected chi connectivity index (χ4v) is 0. The van der Waals surface area contributed by atoms with Gasteiger partial charge >= 0.3 is 61.2 Å². The van der Waals surface area contributed by atoms with Crippen LogP contribution < -0.4 is 0 Å². The van der Waals surface area contributed by atoms with E-state index in [4.69, 9.17) is 0 Å². The molecule has 0 aliphatic heterocycles. The van der Waals surface area contributed by atoms with Crippen LogP contribution in [0.1, 0.15) is 0 Å². The molecule has 0 saturated heterocycles. The summed E-state index contributed by atoms with van der Waals surface area (Å²) in [7, 11) is 0. The fraction of sp³-hybridized carbons (Fsp3) is 0. The summed E-state index contributed by atoms with van der Waals surface area (Å²) >= 11 is 0. The van der Waals surface area contributed by atoms with Crippen molar-refractivity contribution in [2.45, 2.75) is 0 Å². The van der Waals surface area contributed by atoms with E-state index in [1.807, 2.05) is 0 Å². The van der Waals surface area contributed by atoms with Gasteiger partial charge in [0.2, 0.25) is 0 Å². The third-order valence-corrected chi connectivity index (χ3v) is 0. The van der Waals surface area contributed by atoms with Gasteiger partial charge in [0.05, 0.1) is 0 Å². The molecule has 0 aliphatic rings. The van der Waals surface area contributed by atoms with E-state index in [0.717, 1.165) is 0 Å². The normalized spacial score (nSPS) is 0. The summed E-state index contributed by atoms with van der Waals surface area (Å²) in [5.41, 5.74) is 0. The van der Waals surface area contributed by atoms with E-state index in [0.29, 0.717) is 0 Å². The van der Waals surface area contributed by atoms with Crippen LogP contribution in [0, 0.1) is 0 Å². The summed E-state index contributed by atoms with van der Waals surface area (Å²) in [6, 6.07) is 0. The Morgan fingerprint density at radius 1 is 1.00 bits per heavy atom. The first-order chi connectivity index (χ1) is 0. The molecule has 0 aliphatic carbocycles. The Balaban J connectivity index is 0. The van der Waals surface area contributed by atoms with E-state index in [1.165, 1.54) is 0 Å². The Bertz CT molecular complexity index is 8.00. The van der Waals surface area contributed by atoms with Crippen LogP contribution in [0.5, 0.6) is 0 Å². The molecule has 4 heavy (non-hydrogen) atoms. The monoisotopic (exact) mass is 212 g/mol. The molecule has 0 spiro atoms. The summed E-state index contributed by atoms with van der Waals surface area (Å²) in [5.74, 6) is 0. The Kier molecular flexibility index (Phi) is 197. The largest absolute Gasteiger partial charge is 5.00 e. The van der Waals surface area contributed by atoms with Crippen molar-refractivity contribution in [3.63, 3.8) is 0 Å². The predicted octanol–water partition coefficient (Wildman–Crippen LogP) is -0.126. The molecule has 0 heterocycles. The van der Waals surface area contributed by atoms with E-state index in [-0.39, 0.29) is 66.6 Å². The van der Waals surface area contributed by atoms with Crippen molar-refractivity contribution in [3.8, 4) is 0 Å². The van der Waals surface area contributed by atoms with Gasteiger partial charge in [-0.1, -0.05) is 0 Å². The van der Waals surface area contributed by atoms with Gasteiger partial charge in [-0.3, -0.25) is 0 Å². The summed E-state index contributed by atoms with van der Waals surface area (Å²) in [6.07, 6.45) is 0. The van der Waals surface area contributed by atoms with Crippen molar-refractivity contribution in [2.24, 2.45) is 0 Å². The van der Waals surface area contributed by atoms with Crippen LogP contribution >= 0.6 is 0 Å². The minimum atomic E-state index is 0. The van der Waals surface area contributed by atoms with Crippen molar-refractivity contribution in [1.29, 1.82) is 0 Å². The van der Waals surface area contributed by atoms with Crippen molar-refractivity contribution >= 4 is 0 Å². The van der Waals surface area contributed by atoms with Gasteiger partial charge in [-0.2, -0.15) is 0 Å². The smallest absolute Gasteiger partial charge is 2.00 e. The Labute approximate surface area is 66.1 Å². The van der Waals surface area contributed by atoms with Crippen molar-refractivity contribution in [2.75, 3.05) is 0 Å².